The molecule has 0 saturated carbocycles. The van der Waals surface area contributed by atoms with Gasteiger partial charge in [0.15, 0.2) is 0 Å². The van der Waals surface area contributed by atoms with Crippen molar-refractivity contribution < 1.29 is 89.6 Å². The predicted octanol–water partition coefficient (Wildman–Crippen LogP) is 1.84. The Morgan fingerprint density at radius 2 is 0.552 bits per heavy atom. The molecule has 0 aromatic rings. The van der Waals surface area contributed by atoms with Crippen LogP contribution in [0.2, 0.25) is 0 Å². The summed E-state index contributed by atoms with van der Waals surface area (Å²) in [5.74, 6) is -15.8. The summed E-state index contributed by atoms with van der Waals surface area (Å²) in [5, 5.41) is 0. The molecular formula is C8F12O8Si. The number of halogens is 12. The van der Waals surface area contributed by atoms with Crippen molar-refractivity contribution in [3.05, 3.63) is 0 Å². The molecule has 0 radical (unpaired) electrons. The molecule has 0 amide bonds. The van der Waals surface area contributed by atoms with Gasteiger partial charge in [-0.15, -0.1) is 0 Å². The molecule has 0 unspecified atom stereocenters. The van der Waals surface area contributed by atoms with Crippen LogP contribution in [0.4, 0.5) is 52.7 Å². The van der Waals surface area contributed by atoms with Gasteiger partial charge in [0.1, 0.15) is 0 Å². The number of alkyl halides is 12. The number of carbonyl (C=O) groups is 4. The van der Waals surface area contributed by atoms with Gasteiger partial charge in [0.2, 0.25) is 0 Å². The fourth-order valence-corrected chi connectivity index (χ4v) is 2.43. The van der Waals surface area contributed by atoms with E-state index in [0.717, 1.165) is 0 Å². The lowest BCUT2D eigenvalue weighted by Crippen LogP contribution is -2.59. The molecule has 0 aromatic carbocycles. The zero-order valence-corrected chi connectivity index (χ0v) is 13.3. The van der Waals surface area contributed by atoms with Gasteiger partial charge in [0.25, 0.3) is 0 Å². The summed E-state index contributed by atoms with van der Waals surface area (Å²) in [6.07, 6.45) is -25.5. The van der Waals surface area contributed by atoms with E-state index in [0.29, 0.717) is 0 Å². The van der Waals surface area contributed by atoms with Crippen LogP contribution in [-0.4, -0.2) is 57.6 Å². The number of carbonyl (C=O) groups excluding carboxylic acids is 4. The normalized spacial score (nSPS) is 13.4. The summed E-state index contributed by atoms with van der Waals surface area (Å²) in [4.78, 5) is 42.6. The second-order valence-corrected chi connectivity index (χ2v) is 5.87. The molecule has 0 atom stereocenters. The first-order valence-electron chi connectivity index (χ1n) is 5.72. The average molecular weight is 480 g/mol. The van der Waals surface area contributed by atoms with Crippen molar-refractivity contribution in [2.75, 3.05) is 0 Å². The van der Waals surface area contributed by atoms with Gasteiger partial charge in [-0.25, -0.2) is 19.2 Å². The minimum absolute atomic E-state index is 2.75. The third kappa shape index (κ3) is 8.03. The van der Waals surface area contributed by atoms with Crippen LogP contribution in [0.15, 0.2) is 0 Å². The summed E-state index contributed by atoms with van der Waals surface area (Å²) >= 11 is 0. The van der Waals surface area contributed by atoms with E-state index in [1.807, 2.05) is 0 Å². The molecule has 0 heterocycles. The predicted molar refractivity (Wildman–Crippen MR) is 54.3 cm³/mol. The Hall–Kier alpha value is -2.74. The molecule has 21 heteroatoms. The zero-order valence-electron chi connectivity index (χ0n) is 12.3. The van der Waals surface area contributed by atoms with E-state index < -0.39 is 57.6 Å². The minimum Gasteiger partial charge on any atom is -0.416 e. The summed E-state index contributed by atoms with van der Waals surface area (Å²) in [6, 6.07) is 0. The van der Waals surface area contributed by atoms with Crippen LogP contribution >= 0.6 is 0 Å². The highest BCUT2D eigenvalue weighted by Gasteiger charge is 2.71. The van der Waals surface area contributed by atoms with Gasteiger partial charge >= 0.3 is 57.6 Å². The Balaban J connectivity index is 6.42. The number of hydrogen-bond donors (Lipinski definition) is 0. The fourth-order valence-electron chi connectivity index (χ4n) is 0.811. The first kappa shape index (κ1) is 26.3. The topological polar surface area (TPSA) is 105 Å². The maximum atomic E-state index is 12.2. The van der Waals surface area contributed by atoms with Gasteiger partial charge in [-0.2, -0.15) is 52.7 Å². The highest BCUT2D eigenvalue weighted by atomic mass is 28.4. The molecular weight excluding hydrogens is 480 g/mol. The molecule has 8 nitrogen and oxygen atoms in total. The third-order valence-electron chi connectivity index (χ3n) is 1.80. The third-order valence-corrected chi connectivity index (χ3v) is 3.54. The van der Waals surface area contributed by atoms with Gasteiger partial charge in [0, 0.05) is 0 Å². The van der Waals surface area contributed by atoms with Crippen molar-refractivity contribution in [1.29, 1.82) is 0 Å². The molecule has 0 bridgehead atoms. The molecule has 29 heavy (non-hydrogen) atoms. The number of rotatable bonds is 4. The molecule has 0 aromatic heterocycles. The van der Waals surface area contributed by atoms with Crippen LogP contribution in [0.5, 0.6) is 0 Å². The van der Waals surface area contributed by atoms with Crippen LogP contribution in [0.1, 0.15) is 0 Å². The van der Waals surface area contributed by atoms with Crippen molar-refractivity contribution in [3.63, 3.8) is 0 Å². The molecule has 168 valence electrons. The van der Waals surface area contributed by atoms with E-state index >= 15 is 0 Å². The maximum absolute atomic E-state index is 12.2. The van der Waals surface area contributed by atoms with E-state index in [-0.39, 0.29) is 0 Å². The average Bonchev–Trinajstić information content (AvgIpc) is 2.42. The van der Waals surface area contributed by atoms with Crippen molar-refractivity contribution in [1.82, 2.24) is 0 Å². The van der Waals surface area contributed by atoms with Crippen LogP contribution < -0.4 is 0 Å². The standard InChI is InChI=1S/C8F12O8Si/c9-5(10,11)1(21)25-29(26-2(22)6(12,13)14,27-3(23)7(15,16)17)28-4(24)8(18,19)20. The van der Waals surface area contributed by atoms with Gasteiger partial charge < -0.3 is 17.7 Å². The second-order valence-electron chi connectivity index (χ2n) is 4.05. The quantitative estimate of drug-likeness (QED) is 0.444. The molecule has 0 aliphatic rings. The summed E-state index contributed by atoms with van der Waals surface area (Å²) in [7, 11) is -7.77. The maximum Gasteiger partial charge on any atom is 0.975 e. The lowest BCUT2D eigenvalue weighted by atomic mass is 10.7. The summed E-state index contributed by atoms with van der Waals surface area (Å²) in [6.45, 7) is 0. The van der Waals surface area contributed by atoms with Crippen LogP contribution in [0.25, 0.3) is 0 Å². The lowest BCUT2D eigenvalue weighted by molar-refractivity contribution is -0.222. The van der Waals surface area contributed by atoms with Gasteiger partial charge in [0.05, 0.1) is 0 Å². The van der Waals surface area contributed by atoms with E-state index in [1.165, 1.54) is 0 Å². The van der Waals surface area contributed by atoms with E-state index in [2.05, 4.69) is 17.7 Å². The Morgan fingerprint density at radius 1 is 0.414 bits per heavy atom. The monoisotopic (exact) mass is 480 g/mol. The van der Waals surface area contributed by atoms with Gasteiger partial charge in [-0.1, -0.05) is 0 Å². The minimum atomic E-state index is -7.77. The summed E-state index contributed by atoms with van der Waals surface area (Å²) in [5.41, 5.74) is 0. The molecule has 0 N–H and O–H groups in total. The van der Waals surface area contributed by atoms with Gasteiger partial charge in [-0.05, 0) is 0 Å². The molecule has 0 saturated heterocycles. The van der Waals surface area contributed by atoms with Gasteiger partial charge in [-0.3, -0.25) is 0 Å². The Labute approximate surface area is 148 Å². The zero-order chi connectivity index (χ0) is 23.6. The smallest absolute Gasteiger partial charge is 0.416 e. The molecule has 0 spiro atoms. The van der Waals surface area contributed by atoms with Crippen LogP contribution in [-0.2, 0) is 36.9 Å². The largest absolute Gasteiger partial charge is 0.975 e. The Kier molecular flexibility index (Phi) is 7.19. The van der Waals surface area contributed by atoms with Crippen LogP contribution in [0.3, 0.4) is 0 Å². The lowest BCUT2D eigenvalue weighted by Gasteiger charge is -2.26. The second kappa shape index (κ2) is 7.94. The fraction of sp³-hybridized carbons (Fsp3) is 0.500. The van der Waals surface area contributed by atoms with E-state index in [1.54, 1.807) is 0 Å². The SMILES string of the molecule is O=C(O[Si](OC(=O)C(F)(F)F)(OC(=O)C(F)(F)F)OC(=O)C(F)(F)F)C(F)(F)F. The van der Waals surface area contributed by atoms with E-state index in [4.69, 9.17) is 0 Å². The number of hydrogen-bond acceptors (Lipinski definition) is 8. The highest BCUT2D eigenvalue weighted by Crippen LogP contribution is 2.30. The van der Waals surface area contributed by atoms with Crippen LogP contribution in [0, 0.1) is 0 Å². The first-order chi connectivity index (χ1) is 12.5. The van der Waals surface area contributed by atoms with Crippen molar-refractivity contribution in [2.24, 2.45) is 0 Å². The van der Waals surface area contributed by atoms with Crippen molar-refractivity contribution in [2.45, 2.75) is 24.7 Å². The molecule has 0 aliphatic heterocycles. The first-order valence-corrected chi connectivity index (χ1v) is 7.35. The van der Waals surface area contributed by atoms with E-state index in [9.17, 15) is 71.9 Å². The van der Waals surface area contributed by atoms with Crippen molar-refractivity contribution >= 4 is 32.9 Å². The highest BCUT2D eigenvalue weighted by molar-refractivity contribution is 6.61. The van der Waals surface area contributed by atoms with Crippen molar-refractivity contribution in [3.8, 4) is 0 Å². The Bertz CT molecular complexity index is 556. The molecule has 0 fully saturated rings. The molecule has 0 rings (SSSR count). The summed E-state index contributed by atoms with van der Waals surface area (Å²) < 4.78 is 157. The molecule has 0 aliphatic carbocycles. The Morgan fingerprint density at radius 3 is 0.655 bits per heavy atom.